The van der Waals surface area contributed by atoms with Crippen LogP contribution in [0.25, 0.3) is 11.1 Å². The molecule has 0 bridgehead atoms. The molecule has 0 unspecified atom stereocenters. The number of hydrogen-bond acceptors (Lipinski definition) is 5. The predicted octanol–water partition coefficient (Wildman–Crippen LogP) is 4.59. The Kier molecular flexibility index (Phi) is 4.49. The van der Waals surface area contributed by atoms with Gasteiger partial charge in [-0.05, 0) is 45.9 Å². The van der Waals surface area contributed by atoms with Crippen molar-refractivity contribution in [1.29, 1.82) is 0 Å². The summed E-state index contributed by atoms with van der Waals surface area (Å²) in [6.45, 7) is 0. The van der Waals surface area contributed by atoms with Crippen LogP contribution < -0.4 is 15.4 Å². The number of carbonyl (C=O) groups excluding carboxylic acids is 1. The Labute approximate surface area is 168 Å². The molecule has 1 aliphatic heterocycles. The fourth-order valence-electron chi connectivity index (χ4n) is 2.97. The van der Waals surface area contributed by atoms with Crippen LogP contribution in [0, 0.1) is 3.57 Å². The Morgan fingerprint density at radius 3 is 2.69 bits per heavy atom. The van der Waals surface area contributed by atoms with E-state index in [9.17, 15) is 9.90 Å². The van der Waals surface area contributed by atoms with Crippen LogP contribution in [0.2, 0.25) is 0 Å². The van der Waals surface area contributed by atoms with Gasteiger partial charge in [0.05, 0.1) is 16.2 Å². The molecule has 0 radical (unpaired) electrons. The van der Waals surface area contributed by atoms with Crippen LogP contribution in [0.5, 0.6) is 11.5 Å². The molecule has 1 aliphatic rings. The van der Waals surface area contributed by atoms with Gasteiger partial charge in [-0.25, -0.2) is 0 Å². The summed E-state index contributed by atoms with van der Waals surface area (Å²) in [4.78, 5) is 12.8. The average molecular weight is 478 g/mol. The van der Waals surface area contributed by atoms with Gasteiger partial charge in [0.15, 0.2) is 11.5 Å². The quantitative estimate of drug-likeness (QED) is 0.482. The van der Waals surface area contributed by atoms with Gasteiger partial charge in [0.2, 0.25) is 0 Å². The minimum atomic E-state index is -0.389. The van der Waals surface area contributed by atoms with E-state index in [1.54, 1.807) is 6.07 Å². The zero-order chi connectivity index (χ0) is 18.3. The molecule has 0 saturated heterocycles. The molecule has 3 N–H and O–H groups in total. The molecule has 0 aliphatic carbocycles. The predicted molar refractivity (Wildman–Crippen MR) is 111 cm³/mol. The number of hydrogen-bond donors (Lipinski definition) is 3. The topological polar surface area (TPSA) is 70.6 Å². The fraction of sp³-hybridized carbons (Fsp3) is 0.105. The van der Waals surface area contributed by atoms with Crippen LogP contribution in [0.4, 0.5) is 5.00 Å². The van der Waals surface area contributed by atoms with Crippen molar-refractivity contribution in [3.63, 3.8) is 0 Å². The minimum Gasteiger partial charge on any atom is -0.504 e. The first kappa shape index (κ1) is 17.2. The van der Waals surface area contributed by atoms with Crippen LogP contribution in [-0.2, 0) is 0 Å². The number of amides is 1. The molecular formula is C19H15IN2O3S. The molecule has 3 aromatic rings. The number of fused-ring (bicyclic) bond motifs is 1. The third-order valence-electron chi connectivity index (χ3n) is 4.26. The van der Waals surface area contributed by atoms with Crippen LogP contribution in [0.3, 0.4) is 0 Å². The Hall–Kier alpha value is -2.26. The van der Waals surface area contributed by atoms with Crippen molar-refractivity contribution in [3.8, 4) is 22.6 Å². The van der Waals surface area contributed by atoms with Gasteiger partial charge in [-0.2, -0.15) is 0 Å². The first-order valence-electron chi connectivity index (χ1n) is 7.89. The Morgan fingerprint density at radius 1 is 1.19 bits per heavy atom. The second-order valence-electron chi connectivity index (χ2n) is 5.82. The molecule has 7 heteroatoms. The molecule has 26 heavy (non-hydrogen) atoms. The van der Waals surface area contributed by atoms with Gasteiger partial charge in [-0.1, -0.05) is 30.3 Å². The van der Waals surface area contributed by atoms with E-state index in [0.29, 0.717) is 14.9 Å². The summed E-state index contributed by atoms with van der Waals surface area (Å²) in [6.07, 6.45) is -0.389. The summed E-state index contributed by atoms with van der Waals surface area (Å²) in [5.41, 5.74) is 3.42. The number of phenolic OH excluding ortho intramolecular Hbond substituents is 1. The number of nitrogens with one attached hydrogen (secondary N) is 2. The standard InChI is InChI=1S/C19H15IN2O3S/c1-25-14-8-11(7-13(20)16(14)23)17-21-18(24)15-12(9-26-19(15)22-17)10-5-3-2-4-6-10/h2-9,17,22-23H,1H3,(H,21,24)/t17-/m0/s1. The maximum absolute atomic E-state index is 12.8. The number of carbonyl (C=O) groups is 1. The van der Waals surface area contributed by atoms with E-state index in [-0.39, 0.29) is 17.8 Å². The Balaban J connectivity index is 1.71. The number of ether oxygens (including phenoxy) is 1. The normalized spacial score (nSPS) is 15.8. The van der Waals surface area contributed by atoms with E-state index < -0.39 is 0 Å². The first-order chi connectivity index (χ1) is 12.6. The molecule has 2 aromatic carbocycles. The van der Waals surface area contributed by atoms with Crippen molar-refractivity contribution in [1.82, 2.24) is 5.32 Å². The first-order valence-corrected chi connectivity index (χ1v) is 9.85. The van der Waals surface area contributed by atoms with Gasteiger partial charge in [0.25, 0.3) is 5.91 Å². The molecular weight excluding hydrogens is 463 g/mol. The van der Waals surface area contributed by atoms with Crippen molar-refractivity contribution in [2.24, 2.45) is 0 Å². The zero-order valence-corrected chi connectivity index (χ0v) is 16.7. The van der Waals surface area contributed by atoms with Crippen molar-refractivity contribution < 1.29 is 14.6 Å². The summed E-state index contributed by atoms with van der Waals surface area (Å²) < 4.78 is 5.88. The summed E-state index contributed by atoms with van der Waals surface area (Å²) >= 11 is 3.56. The number of aromatic hydroxyl groups is 1. The molecule has 4 rings (SSSR count). The molecule has 1 aromatic heterocycles. The highest BCUT2D eigenvalue weighted by atomic mass is 127. The lowest BCUT2D eigenvalue weighted by atomic mass is 10.0. The molecule has 1 atom stereocenters. The molecule has 132 valence electrons. The van der Waals surface area contributed by atoms with Crippen LogP contribution in [-0.4, -0.2) is 18.1 Å². The Morgan fingerprint density at radius 2 is 1.96 bits per heavy atom. The zero-order valence-electron chi connectivity index (χ0n) is 13.7. The second-order valence-corrected chi connectivity index (χ2v) is 7.87. The molecule has 0 spiro atoms. The highest BCUT2D eigenvalue weighted by Crippen LogP contribution is 2.41. The van der Waals surface area contributed by atoms with Gasteiger partial charge in [-0.3, -0.25) is 4.79 Å². The maximum atomic E-state index is 12.8. The minimum absolute atomic E-state index is 0.0992. The lowest BCUT2D eigenvalue weighted by molar-refractivity contribution is 0.0937. The largest absolute Gasteiger partial charge is 0.504 e. The van der Waals surface area contributed by atoms with Crippen LogP contribution >= 0.6 is 33.9 Å². The summed E-state index contributed by atoms with van der Waals surface area (Å²) in [6, 6.07) is 13.4. The smallest absolute Gasteiger partial charge is 0.256 e. The SMILES string of the molecule is COc1cc([C@H]2NC(=O)c3c(-c4ccccc4)csc3N2)cc(I)c1O. The summed E-state index contributed by atoms with van der Waals surface area (Å²) in [5, 5.41) is 19.2. The van der Waals surface area contributed by atoms with Gasteiger partial charge < -0.3 is 20.5 Å². The van der Waals surface area contributed by atoms with Gasteiger partial charge in [0, 0.05) is 10.9 Å². The van der Waals surface area contributed by atoms with E-state index in [1.807, 2.05) is 64.4 Å². The maximum Gasteiger partial charge on any atom is 0.256 e. The van der Waals surface area contributed by atoms with E-state index in [2.05, 4.69) is 10.6 Å². The lowest BCUT2D eigenvalue weighted by Gasteiger charge is -2.27. The number of rotatable bonds is 3. The third kappa shape index (κ3) is 2.90. The van der Waals surface area contributed by atoms with E-state index in [1.165, 1.54) is 18.4 Å². The third-order valence-corrected chi connectivity index (χ3v) is 5.99. The van der Waals surface area contributed by atoms with Crippen molar-refractivity contribution in [3.05, 3.63) is 62.5 Å². The molecule has 0 saturated carbocycles. The highest BCUT2D eigenvalue weighted by molar-refractivity contribution is 14.1. The van der Waals surface area contributed by atoms with Gasteiger partial charge in [0.1, 0.15) is 11.2 Å². The number of halogens is 1. The van der Waals surface area contributed by atoms with E-state index in [4.69, 9.17) is 4.74 Å². The average Bonchev–Trinajstić information content (AvgIpc) is 3.09. The molecule has 0 fully saturated rings. The lowest BCUT2D eigenvalue weighted by Crippen LogP contribution is -2.38. The van der Waals surface area contributed by atoms with Crippen LogP contribution in [0.15, 0.2) is 47.8 Å². The summed E-state index contributed by atoms with van der Waals surface area (Å²) in [7, 11) is 1.51. The second kappa shape index (κ2) is 6.81. The van der Waals surface area contributed by atoms with E-state index >= 15 is 0 Å². The van der Waals surface area contributed by atoms with E-state index in [0.717, 1.165) is 21.7 Å². The number of benzene rings is 2. The number of phenols is 1. The van der Waals surface area contributed by atoms with Crippen molar-refractivity contribution in [2.45, 2.75) is 6.17 Å². The highest BCUT2D eigenvalue weighted by Gasteiger charge is 2.30. The van der Waals surface area contributed by atoms with Gasteiger partial charge in [-0.15, -0.1) is 11.3 Å². The van der Waals surface area contributed by atoms with Crippen molar-refractivity contribution >= 4 is 44.8 Å². The fourth-order valence-corrected chi connectivity index (χ4v) is 4.59. The molecule has 5 nitrogen and oxygen atoms in total. The van der Waals surface area contributed by atoms with Crippen LogP contribution in [0.1, 0.15) is 22.1 Å². The monoisotopic (exact) mass is 478 g/mol. The van der Waals surface area contributed by atoms with Gasteiger partial charge >= 0.3 is 0 Å². The number of thiophene rings is 1. The molecule has 1 amide bonds. The Bertz CT molecular complexity index is 988. The number of methoxy groups -OCH3 is 1. The molecule has 2 heterocycles. The van der Waals surface area contributed by atoms with Crippen molar-refractivity contribution in [2.75, 3.05) is 12.4 Å². The summed E-state index contributed by atoms with van der Waals surface area (Å²) in [5.74, 6) is 0.359. The number of anilines is 1.